The first-order valence-corrected chi connectivity index (χ1v) is 7.39. The maximum absolute atomic E-state index is 13.8. The van der Waals surface area contributed by atoms with Crippen LogP contribution in [0.3, 0.4) is 0 Å². The number of H-pyrrole nitrogens is 2. The Hall–Kier alpha value is -2.67. The van der Waals surface area contributed by atoms with Gasteiger partial charge in [-0.25, -0.2) is 4.39 Å². The number of aromatic amines is 2. The Balaban J connectivity index is 1.69. The fourth-order valence-electron chi connectivity index (χ4n) is 2.95. The number of hydrogen-bond acceptors (Lipinski definition) is 3. The lowest BCUT2D eigenvalue weighted by atomic mass is 10.1. The Labute approximate surface area is 131 Å². The first-order valence-electron chi connectivity index (χ1n) is 7.39. The number of morpholine rings is 1. The van der Waals surface area contributed by atoms with Gasteiger partial charge in [0.05, 0.1) is 30.5 Å². The Morgan fingerprint density at radius 3 is 3.09 bits per heavy atom. The van der Waals surface area contributed by atoms with Crippen LogP contribution < -0.4 is 0 Å². The summed E-state index contributed by atoms with van der Waals surface area (Å²) in [5.41, 5.74) is 1.54. The topological polar surface area (TPSA) is 74.0 Å². The highest BCUT2D eigenvalue weighted by Gasteiger charge is 2.31. The van der Waals surface area contributed by atoms with E-state index in [1.54, 1.807) is 29.3 Å². The summed E-state index contributed by atoms with van der Waals surface area (Å²) in [7, 11) is 0. The zero-order chi connectivity index (χ0) is 15.8. The Morgan fingerprint density at radius 1 is 1.39 bits per heavy atom. The summed E-state index contributed by atoms with van der Waals surface area (Å²) in [4.78, 5) is 17.5. The predicted octanol–water partition coefficient (Wildman–Crippen LogP) is 2.24. The van der Waals surface area contributed by atoms with Crippen LogP contribution in [0.4, 0.5) is 4.39 Å². The van der Waals surface area contributed by atoms with Crippen molar-refractivity contribution in [1.29, 1.82) is 0 Å². The molecule has 0 saturated carbocycles. The summed E-state index contributed by atoms with van der Waals surface area (Å²) in [6.07, 6.45) is 1.64. The highest BCUT2D eigenvalue weighted by molar-refractivity contribution is 5.98. The number of carbonyl (C=O) groups is 1. The summed E-state index contributed by atoms with van der Waals surface area (Å²) < 4.78 is 19.3. The number of hydrogen-bond donors (Lipinski definition) is 2. The zero-order valence-corrected chi connectivity index (χ0v) is 12.3. The van der Waals surface area contributed by atoms with Crippen LogP contribution in [-0.2, 0) is 4.74 Å². The number of nitrogens with one attached hydrogen (secondary N) is 2. The number of ether oxygens (including phenoxy) is 1. The molecule has 0 aliphatic carbocycles. The van der Waals surface area contributed by atoms with E-state index < -0.39 is 0 Å². The molecule has 1 amide bonds. The molecule has 2 N–H and O–H groups in total. The number of halogens is 1. The Kier molecular flexibility index (Phi) is 3.34. The van der Waals surface area contributed by atoms with Gasteiger partial charge in [-0.05, 0) is 18.2 Å². The van der Waals surface area contributed by atoms with Crippen LogP contribution in [0.15, 0.2) is 36.5 Å². The van der Waals surface area contributed by atoms with Gasteiger partial charge in [0.25, 0.3) is 5.91 Å². The lowest BCUT2D eigenvalue weighted by molar-refractivity contribution is -0.00416. The van der Waals surface area contributed by atoms with Crippen molar-refractivity contribution in [3.8, 4) is 0 Å². The second-order valence-electron chi connectivity index (χ2n) is 5.49. The molecule has 3 aromatic rings. The van der Waals surface area contributed by atoms with Crippen LogP contribution in [0.2, 0.25) is 0 Å². The third kappa shape index (κ3) is 2.39. The largest absolute Gasteiger partial charge is 0.377 e. The molecule has 1 aliphatic heterocycles. The molecular formula is C16H15FN4O2. The molecule has 1 saturated heterocycles. The summed E-state index contributed by atoms with van der Waals surface area (Å²) in [5, 5.41) is 7.50. The van der Waals surface area contributed by atoms with E-state index in [2.05, 4.69) is 15.2 Å². The van der Waals surface area contributed by atoms with Crippen molar-refractivity contribution in [2.45, 2.75) is 6.04 Å². The molecule has 1 fully saturated rings. The van der Waals surface area contributed by atoms with Crippen molar-refractivity contribution in [2.75, 3.05) is 19.8 Å². The van der Waals surface area contributed by atoms with Gasteiger partial charge in [-0.15, -0.1) is 0 Å². The smallest absolute Gasteiger partial charge is 0.271 e. The number of carbonyl (C=O) groups excluding carboxylic acids is 1. The first-order chi connectivity index (χ1) is 11.2. The molecule has 0 radical (unpaired) electrons. The Morgan fingerprint density at radius 2 is 2.30 bits per heavy atom. The van der Waals surface area contributed by atoms with Gasteiger partial charge in [-0.1, -0.05) is 12.1 Å². The second-order valence-corrected chi connectivity index (χ2v) is 5.49. The number of amides is 1. The number of benzene rings is 1. The summed E-state index contributed by atoms with van der Waals surface area (Å²) in [5.74, 6) is -0.544. The van der Waals surface area contributed by atoms with E-state index in [-0.39, 0.29) is 17.8 Å². The van der Waals surface area contributed by atoms with E-state index in [1.807, 2.05) is 6.07 Å². The molecule has 23 heavy (non-hydrogen) atoms. The highest BCUT2D eigenvalue weighted by Crippen LogP contribution is 2.26. The van der Waals surface area contributed by atoms with Gasteiger partial charge in [0, 0.05) is 18.1 Å². The summed E-state index contributed by atoms with van der Waals surface area (Å²) in [6.45, 7) is 1.36. The second kappa shape index (κ2) is 5.51. The molecule has 0 spiro atoms. The Bertz CT molecular complexity index is 843. The van der Waals surface area contributed by atoms with E-state index in [4.69, 9.17) is 4.74 Å². The molecule has 3 heterocycles. The molecule has 1 aliphatic rings. The minimum atomic E-state index is -0.367. The lowest BCUT2D eigenvalue weighted by Crippen LogP contribution is -2.43. The van der Waals surface area contributed by atoms with Crippen LogP contribution in [0, 0.1) is 5.82 Å². The molecule has 6 nitrogen and oxygen atoms in total. The van der Waals surface area contributed by atoms with Crippen molar-refractivity contribution in [1.82, 2.24) is 20.1 Å². The van der Waals surface area contributed by atoms with Crippen molar-refractivity contribution in [2.24, 2.45) is 0 Å². The standard InChI is InChI=1S/C16H15FN4O2/c17-11-3-1-2-10-8-13(19-15(10)11)16(22)21-6-7-23-9-14(21)12-4-5-18-20-12/h1-5,8,14,19H,6-7,9H2,(H,18,20)/t14-/m1/s1. The minimum Gasteiger partial charge on any atom is -0.377 e. The predicted molar refractivity (Wildman–Crippen MR) is 81.4 cm³/mol. The average Bonchev–Trinajstić information content (AvgIpc) is 3.24. The van der Waals surface area contributed by atoms with Crippen LogP contribution in [0.1, 0.15) is 22.2 Å². The highest BCUT2D eigenvalue weighted by atomic mass is 19.1. The van der Waals surface area contributed by atoms with Crippen LogP contribution in [0.25, 0.3) is 10.9 Å². The van der Waals surface area contributed by atoms with E-state index in [0.29, 0.717) is 36.4 Å². The number of para-hydroxylation sites is 1. The van der Waals surface area contributed by atoms with Gasteiger partial charge < -0.3 is 14.6 Å². The molecular weight excluding hydrogens is 299 g/mol. The molecule has 118 valence electrons. The molecule has 0 unspecified atom stereocenters. The van der Waals surface area contributed by atoms with Crippen molar-refractivity contribution in [3.63, 3.8) is 0 Å². The quantitative estimate of drug-likeness (QED) is 0.762. The molecule has 7 heteroatoms. The van der Waals surface area contributed by atoms with E-state index in [1.165, 1.54) is 6.07 Å². The fraction of sp³-hybridized carbons (Fsp3) is 0.250. The lowest BCUT2D eigenvalue weighted by Gasteiger charge is -2.34. The zero-order valence-electron chi connectivity index (χ0n) is 12.3. The molecule has 4 rings (SSSR count). The summed E-state index contributed by atoms with van der Waals surface area (Å²) >= 11 is 0. The molecule has 2 aromatic heterocycles. The number of rotatable bonds is 2. The first kappa shape index (κ1) is 14.0. The normalized spacial score (nSPS) is 18.5. The van der Waals surface area contributed by atoms with Crippen molar-refractivity contribution >= 4 is 16.8 Å². The van der Waals surface area contributed by atoms with Gasteiger partial charge in [-0.3, -0.25) is 9.89 Å². The fourth-order valence-corrected chi connectivity index (χ4v) is 2.95. The van der Waals surface area contributed by atoms with Crippen molar-refractivity contribution < 1.29 is 13.9 Å². The van der Waals surface area contributed by atoms with Gasteiger partial charge in [0.2, 0.25) is 0 Å². The molecule has 1 aromatic carbocycles. The number of aromatic nitrogens is 3. The van der Waals surface area contributed by atoms with Gasteiger partial charge in [0.15, 0.2) is 0 Å². The maximum Gasteiger partial charge on any atom is 0.271 e. The molecule has 1 atom stereocenters. The average molecular weight is 314 g/mol. The third-order valence-corrected chi connectivity index (χ3v) is 4.11. The minimum absolute atomic E-state index is 0.177. The summed E-state index contributed by atoms with van der Waals surface area (Å²) in [6, 6.07) is 8.05. The van der Waals surface area contributed by atoms with E-state index in [9.17, 15) is 9.18 Å². The van der Waals surface area contributed by atoms with Crippen LogP contribution >= 0.6 is 0 Å². The van der Waals surface area contributed by atoms with E-state index in [0.717, 1.165) is 5.69 Å². The van der Waals surface area contributed by atoms with Gasteiger partial charge in [0.1, 0.15) is 11.5 Å². The third-order valence-electron chi connectivity index (χ3n) is 4.11. The monoisotopic (exact) mass is 314 g/mol. The van der Waals surface area contributed by atoms with Crippen LogP contribution in [0.5, 0.6) is 0 Å². The van der Waals surface area contributed by atoms with Gasteiger partial charge in [-0.2, -0.15) is 5.10 Å². The number of nitrogens with zero attached hydrogens (tertiary/aromatic N) is 2. The van der Waals surface area contributed by atoms with Gasteiger partial charge >= 0.3 is 0 Å². The number of fused-ring (bicyclic) bond motifs is 1. The SMILES string of the molecule is O=C(c1cc2cccc(F)c2[nH]1)N1CCOC[C@@H]1c1ccn[nH]1. The van der Waals surface area contributed by atoms with Crippen LogP contribution in [-0.4, -0.2) is 45.7 Å². The maximum atomic E-state index is 13.8. The van der Waals surface area contributed by atoms with E-state index >= 15 is 0 Å². The molecule has 0 bridgehead atoms. The van der Waals surface area contributed by atoms with Crippen molar-refractivity contribution in [3.05, 3.63) is 53.7 Å².